The minimum absolute atomic E-state index is 0.0418. The van der Waals surface area contributed by atoms with Crippen molar-refractivity contribution in [1.82, 2.24) is 5.32 Å². The van der Waals surface area contributed by atoms with Gasteiger partial charge < -0.3 is 15.4 Å². The van der Waals surface area contributed by atoms with E-state index in [2.05, 4.69) is 10.6 Å². The maximum Gasteiger partial charge on any atom is 0.319 e. The van der Waals surface area contributed by atoms with Crippen LogP contribution in [0.25, 0.3) is 0 Å². The summed E-state index contributed by atoms with van der Waals surface area (Å²) in [5.41, 5.74) is 0.940. The average molecular weight is 233 g/mol. The molecule has 0 saturated heterocycles. The fourth-order valence-electron chi connectivity index (χ4n) is 1.30. The van der Waals surface area contributed by atoms with E-state index in [1.807, 2.05) is 19.9 Å². The predicted molar refractivity (Wildman–Crippen MR) is 65.0 cm³/mol. The largest absolute Gasteiger partial charge is 0.495 e. The maximum absolute atomic E-state index is 11.5. The van der Waals surface area contributed by atoms with Crippen molar-refractivity contribution in [3.05, 3.63) is 23.8 Å². The van der Waals surface area contributed by atoms with Gasteiger partial charge in [0.2, 0.25) is 0 Å². The van der Waals surface area contributed by atoms with Crippen LogP contribution in [0.15, 0.2) is 18.2 Å². The van der Waals surface area contributed by atoms with Crippen molar-refractivity contribution in [3.63, 3.8) is 0 Å². The Morgan fingerprint density at radius 3 is 2.71 bits per heavy atom. The van der Waals surface area contributed by atoms with E-state index in [0.29, 0.717) is 17.0 Å². The Morgan fingerprint density at radius 2 is 2.18 bits per heavy atom. The van der Waals surface area contributed by atoms with Gasteiger partial charge in [0.25, 0.3) is 0 Å². The molecule has 0 aliphatic carbocycles. The lowest BCUT2D eigenvalue weighted by atomic mass is 10.2. The number of nitriles is 1. The molecule has 5 heteroatoms. The topological polar surface area (TPSA) is 74.1 Å². The molecular weight excluding hydrogens is 218 g/mol. The monoisotopic (exact) mass is 233 g/mol. The van der Waals surface area contributed by atoms with E-state index in [-0.39, 0.29) is 12.1 Å². The number of anilines is 1. The Morgan fingerprint density at radius 1 is 1.47 bits per heavy atom. The highest BCUT2D eigenvalue weighted by Crippen LogP contribution is 2.25. The number of nitrogens with one attached hydrogen (secondary N) is 2. The highest BCUT2D eigenvalue weighted by Gasteiger charge is 2.08. The lowest BCUT2D eigenvalue weighted by Crippen LogP contribution is -2.34. The van der Waals surface area contributed by atoms with E-state index in [9.17, 15) is 4.79 Å². The Kier molecular flexibility index (Phi) is 4.35. The summed E-state index contributed by atoms with van der Waals surface area (Å²) in [6.07, 6.45) is 0. The number of urea groups is 1. The summed E-state index contributed by atoms with van der Waals surface area (Å²) in [7, 11) is 1.51. The number of hydrogen-bond acceptors (Lipinski definition) is 3. The first-order valence-electron chi connectivity index (χ1n) is 5.22. The molecule has 1 aromatic rings. The Hall–Kier alpha value is -2.22. The summed E-state index contributed by atoms with van der Waals surface area (Å²) in [5, 5.41) is 14.1. The van der Waals surface area contributed by atoms with Gasteiger partial charge in [-0.3, -0.25) is 0 Å². The molecule has 0 spiro atoms. The normalized spacial score (nSPS) is 9.59. The van der Waals surface area contributed by atoms with Crippen LogP contribution in [0.1, 0.15) is 19.4 Å². The lowest BCUT2D eigenvalue weighted by molar-refractivity contribution is 0.250. The van der Waals surface area contributed by atoms with Crippen LogP contribution in [-0.4, -0.2) is 19.2 Å². The first kappa shape index (κ1) is 12.8. The number of carbonyl (C=O) groups is 1. The summed E-state index contributed by atoms with van der Waals surface area (Å²) < 4.78 is 5.10. The highest BCUT2D eigenvalue weighted by molar-refractivity contribution is 5.91. The smallest absolute Gasteiger partial charge is 0.319 e. The van der Waals surface area contributed by atoms with Gasteiger partial charge in [-0.05, 0) is 32.0 Å². The molecule has 0 heterocycles. The summed E-state index contributed by atoms with van der Waals surface area (Å²) in [4.78, 5) is 11.5. The van der Waals surface area contributed by atoms with Crippen molar-refractivity contribution in [1.29, 1.82) is 5.26 Å². The summed E-state index contributed by atoms with van der Waals surface area (Å²) >= 11 is 0. The van der Waals surface area contributed by atoms with Gasteiger partial charge >= 0.3 is 6.03 Å². The quantitative estimate of drug-likeness (QED) is 0.839. The van der Waals surface area contributed by atoms with Crippen molar-refractivity contribution in [2.24, 2.45) is 0 Å². The van der Waals surface area contributed by atoms with Crippen molar-refractivity contribution < 1.29 is 9.53 Å². The van der Waals surface area contributed by atoms with Crippen LogP contribution in [0.4, 0.5) is 10.5 Å². The molecule has 1 rings (SSSR count). The van der Waals surface area contributed by atoms with Crippen molar-refractivity contribution in [2.45, 2.75) is 19.9 Å². The number of nitrogens with zero attached hydrogens (tertiary/aromatic N) is 1. The molecule has 0 aromatic heterocycles. The Balaban J connectivity index is 2.88. The molecule has 2 amide bonds. The predicted octanol–water partition coefficient (Wildman–Crippen LogP) is 2.10. The van der Waals surface area contributed by atoms with Crippen molar-refractivity contribution >= 4 is 11.7 Å². The zero-order valence-electron chi connectivity index (χ0n) is 10.1. The van der Waals surface area contributed by atoms with Crippen LogP contribution in [0.3, 0.4) is 0 Å². The number of hydrogen-bond donors (Lipinski definition) is 2. The molecule has 0 aliphatic heterocycles. The molecule has 0 radical (unpaired) electrons. The van der Waals surface area contributed by atoms with Crippen LogP contribution in [-0.2, 0) is 0 Å². The third-order valence-electron chi connectivity index (χ3n) is 2.00. The molecule has 0 atom stereocenters. The number of carbonyl (C=O) groups excluding carboxylic acids is 1. The number of benzene rings is 1. The second-order valence-corrected chi connectivity index (χ2v) is 3.78. The zero-order chi connectivity index (χ0) is 12.8. The summed E-state index contributed by atoms with van der Waals surface area (Å²) in [5.74, 6) is 0.517. The van der Waals surface area contributed by atoms with Gasteiger partial charge in [0.1, 0.15) is 5.75 Å². The van der Waals surface area contributed by atoms with Gasteiger partial charge in [-0.1, -0.05) is 0 Å². The fraction of sp³-hybridized carbons (Fsp3) is 0.333. The summed E-state index contributed by atoms with van der Waals surface area (Å²) in [6.45, 7) is 3.73. The van der Waals surface area contributed by atoms with Gasteiger partial charge in [-0.2, -0.15) is 5.26 Å². The van der Waals surface area contributed by atoms with Crippen LogP contribution >= 0.6 is 0 Å². The highest BCUT2D eigenvalue weighted by atomic mass is 16.5. The van der Waals surface area contributed by atoms with E-state index in [1.165, 1.54) is 7.11 Å². The minimum atomic E-state index is -0.326. The van der Waals surface area contributed by atoms with E-state index < -0.39 is 0 Å². The second kappa shape index (κ2) is 5.75. The van der Waals surface area contributed by atoms with E-state index >= 15 is 0 Å². The SMILES string of the molecule is COc1ccc(C#N)cc1NC(=O)NC(C)C. The Bertz CT molecular complexity index is 450. The molecule has 5 nitrogen and oxygen atoms in total. The van der Waals surface area contributed by atoms with Crippen molar-refractivity contribution in [3.8, 4) is 11.8 Å². The molecule has 0 bridgehead atoms. The van der Waals surface area contributed by atoms with Crippen LogP contribution in [0.2, 0.25) is 0 Å². The maximum atomic E-state index is 11.5. The summed E-state index contributed by atoms with van der Waals surface area (Å²) in [6, 6.07) is 6.56. The number of rotatable bonds is 3. The third-order valence-corrected chi connectivity index (χ3v) is 2.00. The van der Waals surface area contributed by atoms with Gasteiger partial charge in [0.15, 0.2) is 0 Å². The van der Waals surface area contributed by atoms with Gasteiger partial charge in [-0.25, -0.2) is 4.79 Å². The third kappa shape index (κ3) is 3.68. The van der Waals surface area contributed by atoms with Crippen LogP contribution < -0.4 is 15.4 Å². The standard InChI is InChI=1S/C12H15N3O2/c1-8(2)14-12(16)15-10-6-9(7-13)4-5-11(10)17-3/h4-6,8H,1-3H3,(H2,14,15,16). The first-order valence-corrected chi connectivity index (χ1v) is 5.22. The van der Waals surface area contributed by atoms with Gasteiger partial charge in [-0.15, -0.1) is 0 Å². The molecule has 0 unspecified atom stereocenters. The van der Waals surface area contributed by atoms with Crippen LogP contribution in [0, 0.1) is 11.3 Å². The van der Waals surface area contributed by atoms with Gasteiger partial charge in [0, 0.05) is 6.04 Å². The lowest BCUT2D eigenvalue weighted by Gasteiger charge is -2.12. The number of ether oxygens (including phenoxy) is 1. The Labute approximate surface area is 100 Å². The second-order valence-electron chi connectivity index (χ2n) is 3.78. The molecule has 0 aliphatic rings. The van der Waals surface area contributed by atoms with E-state index in [4.69, 9.17) is 10.00 Å². The zero-order valence-corrected chi connectivity index (χ0v) is 10.1. The molecule has 90 valence electrons. The molecular formula is C12H15N3O2. The minimum Gasteiger partial charge on any atom is -0.495 e. The van der Waals surface area contributed by atoms with Gasteiger partial charge in [0.05, 0.1) is 24.4 Å². The number of amides is 2. The van der Waals surface area contributed by atoms with Crippen LogP contribution in [0.5, 0.6) is 5.75 Å². The number of methoxy groups -OCH3 is 1. The molecule has 0 saturated carbocycles. The molecule has 0 fully saturated rings. The molecule has 17 heavy (non-hydrogen) atoms. The fourth-order valence-corrected chi connectivity index (χ4v) is 1.30. The molecule has 1 aromatic carbocycles. The van der Waals surface area contributed by atoms with E-state index in [0.717, 1.165) is 0 Å². The van der Waals surface area contributed by atoms with Crippen molar-refractivity contribution in [2.75, 3.05) is 12.4 Å². The molecule has 2 N–H and O–H groups in total. The average Bonchev–Trinajstić information content (AvgIpc) is 2.27. The van der Waals surface area contributed by atoms with E-state index in [1.54, 1.807) is 18.2 Å². The first-order chi connectivity index (χ1) is 8.06.